The van der Waals surface area contributed by atoms with E-state index in [1.165, 1.54) is 24.1 Å². The van der Waals surface area contributed by atoms with Gasteiger partial charge in [0.15, 0.2) is 0 Å². The number of carbonyl (C=O) groups is 2. The van der Waals surface area contributed by atoms with E-state index in [0.717, 1.165) is 4.31 Å². The molecule has 0 unspecified atom stereocenters. The van der Waals surface area contributed by atoms with E-state index in [9.17, 15) is 18.0 Å². The van der Waals surface area contributed by atoms with Gasteiger partial charge in [-0.3, -0.25) is 13.9 Å². The molecule has 3 aromatic rings. The second-order valence-electron chi connectivity index (χ2n) is 9.24. The highest BCUT2D eigenvalue weighted by Crippen LogP contribution is 2.29. The number of carbonyl (C=O) groups excluding carboxylic acids is 2. The molecular formula is C29H33Cl2N3O5S. The molecule has 11 heteroatoms. The van der Waals surface area contributed by atoms with Crippen molar-refractivity contribution in [2.75, 3.05) is 18.0 Å². The Hall–Kier alpha value is -3.27. The van der Waals surface area contributed by atoms with Gasteiger partial charge >= 0.3 is 0 Å². The molecule has 0 spiro atoms. The number of sulfonamides is 1. The third-order valence-corrected chi connectivity index (χ3v) is 9.03. The first-order chi connectivity index (χ1) is 19.0. The van der Waals surface area contributed by atoms with Crippen LogP contribution in [0.4, 0.5) is 5.69 Å². The SMILES string of the molecule is CC[C@H](C)NC(=O)[C@H](C)N(Cc1c(Cl)cccc1Cl)C(=O)CN(c1ccc(OC)cc1)S(=O)(=O)c1ccccc1. The van der Waals surface area contributed by atoms with Gasteiger partial charge in [-0.15, -0.1) is 0 Å². The number of halogens is 2. The second-order valence-corrected chi connectivity index (χ2v) is 11.9. The lowest BCUT2D eigenvalue weighted by molar-refractivity contribution is -0.139. The van der Waals surface area contributed by atoms with Gasteiger partial charge in [0, 0.05) is 28.2 Å². The summed E-state index contributed by atoms with van der Waals surface area (Å²) in [6.07, 6.45) is 0.698. The smallest absolute Gasteiger partial charge is 0.264 e. The van der Waals surface area contributed by atoms with Crippen LogP contribution in [0.1, 0.15) is 32.8 Å². The normalized spacial score (nSPS) is 12.8. The highest BCUT2D eigenvalue weighted by Gasteiger charge is 2.33. The monoisotopic (exact) mass is 605 g/mol. The fourth-order valence-corrected chi connectivity index (χ4v) is 5.85. The molecule has 3 rings (SSSR count). The summed E-state index contributed by atoms with van der Waals surface area (Å²) in [5, 5.41) is 3.53. The largest absolute Gasteiger partial charge is 0.497 e. The number of methoxy groups -OCH3 is 1. The van der Waals surface area contributed by atoms with Crippen LogP contribution in [0.5, 0.6) is 5.75 Å². The third kappa shape index (κ3) is 7.47. The van der Waals surface area contributed by atoms with Crippen LogP contribution in [-0.2, 0) is 26.2 Å². The number of anilines is 1. The minimum absolute atomic E-state index is 0.0156. The zero-order valence-corrected chi connectivity index (χ0v) is 25.1. The average Bonchev–Trinajstić information content (AvgIpc) is 2.95. The van der Waals surface area contributed by atoms with E-state index in [-0.39, 0.29) is 29.1 Å². The molecule has 0 bridgehead atoms. The lowest BCUT2D eigenvalue weighted by Gasteiger charge is -2.32. The maximum absolute atomic E-state index is 14.0. The zero-order valence-electron chi connectivity index (χ0n) is 22.8. The summed E-state index contributed by atoms with van der Waals surface area (Å²) in [4.78, 5) is 28.4. The highest BCUT2D eigenvalue weighted by atomic mass is 35.5. The summed E-state index contributed by atoms with van der Waals surface area (Å²) in [6.45, 7) is 4.70. The van der Waals surface area contributed by atoms with Gasteiger partial charge in [0.05, 0.1) is 17.7 Å². The van der Waals surface area contributed by atoms with Gasteiger partial charge in [-0.2, -0.15) is 0 Å². The van der Waals surface area contributed by atoms with Crippen molar-refractivity contribution in [1.29, 1.82) is 0 Å². The fourth-order valence-electron chi connectivity index (χ4n) is 3.90. The van der Waals surface area contributed by atoms with Crippen molar-refractivity contribution in [3.63, 3.8) is 0 Å². The van der Waals surface area contributed by atoms with Gasteiger partial charge in [-0.05, 0) is 68.8 Å². The van der Waals surface area contributed by atoms with E-state index in [1.54, 1.807) is 67.6 Å². The minimum atomic E-state index is -4.17. The van der Waals surface area contributed by atoms with E-state index in [2.05, 4.69) is 5.32 Å². The van der Waals surface area contributed by atoms with Crippen LogP contribution >= 0.6 is 23.2 Å². The molecule has 0 heterocycles. The van der Waals surface area contributed by atoms with Crippen molar-refractivity contribution in [2.24, 2.45) is 0 Å². The summed E-state index contributed by atoms with van der Waals surface area (Å²) in [5.41, 5.74) is 0.703. The predicted molar refractivity (Wildman–Crippen MR) is 158 cm³/mol. The molecule has 1 N–H and O–H groups in total. The Bertz CT molecular complexity index is 1400. The molecule has 3 aromatic carbocycles. The van der Waals surface area contributed by atoms with Crippen molar-refractivity contribution >= 4 is 50.7 Å². The van der Waals surface area contributed by atoms with E-state index >= 15 is 0 Å². The van der Waals surface area contributed by atoms with Crippen LogP contribution in [-0.4, -0.2) is 50.9 Å². The first-order valence-electron chi connectivity index (χ1n) is 12.7. The van der Waals surface area contributed by atoms with Crippen LogP contribution < -0.4 is 14.4 Å². The molecule has 40 heavy (non-hydrogen) atoms. The summed E-state index contributed by atoms with van der Waals surface area (Å²) in [7, 11) is -2.67. The van der Waals surface area contributed by atoms with Gasteiger partial charge in [-0.1, -0.05) is 54.4 Å². The molecule has 2 amide bonds. The lowest BCUT2D eigenvalue weighted by atomic mass is 10.1. The molecule has 0 fully saturated rings. The maximum atomic E-state index is 14.0. The van der Waals surface area contributed by atoms with E-state index in [1.807, 2.05) is 13.8 Å². The van der Waals surface area contributed by atoms with E-state index < -0.39 is 28.5 Å². The summed E-state index contributed by atoms with van der Waals surface area (Å²) in [6, 6.07) is 18.0. The molecule has 0 aliphatic carbocycles. The van der Waals surface area contributed by atoms with Crippen molar-refractivity contribution in [3.8, 4) is 5.75 Å². The Morgan fingerprint density at radius 2 is 1.52 bits per heavy atom. The molecule has 0 aliphatic heterocycles. The molecule has 0 saturated heterocycles. The van der Waals surface area contributed by atoms with E-state index in [4.69, 9.17) is 27.9 Å². The predicted octanol–water partition coefficient (Wildman–Crippen LogP) is 5.53. The molecular weight excluding hydrogens is 573 g/mol. The molecule has 0 saturated carbocycles. The van der Waals surface area contributed by atoms with Crippen LogP contribution in [0.25, 0.3) is 0 Å². The molecule has 214 valence electrons. The molecule has 0 radical (unpaired) electrons. The van der Waals surface area contributed by atoms with Crippen molar-refractivity contribution in [1.82, 2.24) is 10.2 Å². The van der Waals surface area contributed by atoms with Crippen LogP contribution in [0.15, 0.2) is 77.7 Å². The Labute approximate surface area is 245 Å². The summed E-state index contributed by atoms with van der Waals surface area (Å²) >= 11 is 12.8. The molecule has 0 aliphatic rings. The summed E-state index contributed by atoms with van der Waals surface area (Å²) in [5.74, 6) is -0.469. The van der Waals surface area contributed by atoms with Crippen LogP contribution in [0, 0.1) is 0 Å². The molecule has 0 aromatic heterocycles. The third-order valence-electron chi connectivity index (χ3n) is 6.53. The van der Waals surface area contributed by atoms with Crippen molar-refractivity contribution in [2.45, 2.75) is 50.7 Å². The topological polar surface area (TPSA) is 96.0 Å². The molecule has 2 atom stereocenters. The number of amides is 2. The Morgan fingerprint density at radius 3 is 2.08 bits per heavy atom. The van der Waals surface area contributed by atoms with Gasteiger partial charge in [0.1, 0.15) is 18.3 Å². The molecule has 8 nitrogen and oxygen atoms in total. The lowest BCUT2D eigenvalue weighted by Crippen LogP contribution is -2.52. The van der Waals surface area contributed by atoms with Gasteiger partial charge in [-0.25, -0.2) is 8.42 Å². The van der Waals surface area contributed by atoms with Gasteiger partial charge < -0.3 is 15.0 Å². The number of nitrogens with zero attached hydrogens (tertiary/aromatic N) is 2. The zero-order chi connectivity index (χ0) is 29.4. The van der Waals surface area contributed by atoms with Crippen molar-refractivity contribution in [3.05, 3.63) is 88.4 Å². The average molecular weight is 607 g/mol. The Balaban J connectivity index is 2.05. The standard InChI is InChI=1S/C29H33Cl2N3O5S/c1-5-20(2)32-29(36)21(3)33(18-25-26(30)12-9-13-27(25)31)28(35)19-34(22-14-16-23(39-4)17-15-22)40(37,38)24-10-7-6-8-11-24/h6-17,20-21H,5,18-19H2,1-4H3,(H,32,36)/t20-,21-/m0/s1. The quantitative estimate of drug-likeness (QED) is 0.293. The highest BCUT2D eigenvalue weighted by molar-refractivity contribution is 7.92. The first-order valence-corrected chi connectivity index (χ1v) is 14.9. The van der Waals surface area contributed by atoms with Crippen LogP contribution in [0.2, 0.25) is 10.0 Å². The number of hydrogen-bond acceptors (Lipinski definition) is 5. The Morgan fingerprint density at radius 1 is 0.925 bits per heavy atom. The fraction of sp³-hybridized carbons (Fsp3) is 0.310. The van der Waals surface area contributed by atoms with Crippen LogP contribution in [0.3, 0.4) is 0 Å². The van der Waals surface area contributed by atoms with E-state index in [0.29, 0.717) is 27.8 Å². The number of hydrogen-bond donors (Lipinski definition) is 1. The minimum Gasteiger partial charge on any atom is -0.497 e. The van der Waals surface area contributed by atoms with Gasteiger partial charge in [0.25, 0.3) is 10.0 Å². The maximum Gasteiger partial charge on any atom is 0.264 e. The van der Waals surface area contributed by atoms with Gasteiger partial charge in [0.2, 0.25) is 11.8 Å². The van der Waals surface area contributed by atoms with Crippen molar-refractivity contribution < 1.29 is 22.7 Å². The Kier molecular flexibility index (Phi) is 10.8. The number of ether oxygens (including phenoxy) is 1. The number of nitrogens with one attached hydrogen (secondary N) is 1. The number of benzene rings is 3. The summed E-state index contributed by atoms with van der Waals surface area (Å²) < 4.78 is 33.8. The first kappa shape index (κ1) is 31.3. The second kappa shape index (κ2) is 13.9. The number of rotatable bonds is 12.